The average Bonchev–Trinajstić information content (AvgIpc) is 2.11. The van der Waals surface area contributed by atoms with Gasteiger partial charge in [0.2, 0.25) is 0 Å². The summed E-state index contributed by atoms with van der Waals surface area (Å²) < 4.78 is 0. The van der Waals surface area contributed by atoms with Crippen LogP contribution >= 0.6 is 0 Å². The summed E-state index contributed by atoms with van der Waals surface area (Å²) in [5.74, 6) is -0.944. The molecule has 14 heavy (non-hydrogen) atoms. The first kappa shape index (κ1) is 10.1. The Morgan fingerprint density at radius 3 is 2.50 bits per heavy atom. The number of benzene rings is 1. The molecule has 0 heterocycles. The molecule has 0 spiro atoms. The van der Waals surface area contributed by atoms with E-state index in [9.17, 15) is 4.79 Å². The van der Waals surface area contributed by atoms with Crippen LogP contribution in [0, 0.1) is 0 Å². The summed E-state index contributed by atoms with van der Waals surface area (Å²) in [4.78, 5) is 10.5. The minimum atomic E-state index is -0.944. The van der Waals surface area contributed by atoms with Gasteiger partial charge < -0.3 is 16.6 Å². The molecular weight excluding hydrogens is 180 g/mol. The van der Waals surface area contributed by atoms with E-state index in [0.717, 1.165) is 5.56 Å². The largest absolute Gasteiger partial charge is 0.478 e. The van der Waals surface area contributed by atoms with E-state index in [1.807, 2.05) is 0 Å². The normalized spacial score (nSPS) is 11.4. The van der Waals surface area contributed by atoms with Gasteiger partial charge in [-0.2, -0.15) is 0 Å². The molecule has 1 aromatic carbocycles. The topological polar surface area (TPSA) is 89.3 Å². The summed E-state index contributed by atoms with van der Waals surface area (Å²) in [5.41, 5.74) is 13.0. The first-order chi connectivity index (χ1) is 6.50. The molecule has 0 radical (unpaired) electrons. The molecule has 0 bridgehead atoms. The molecule has 4 nitrogen and oxygen atoms in total. The Bertz CT molecular complexity index is 397. The van der Waals surface area contributed by atoms with Gasteiger partial charge in [0.15, 0.2) is 0 Å². The number of hydrogen-bond donors (Lipinski definition) is 3. The third-order valence-electron chi connectivity index (χ3n) is 1.83. The number of nitrogens with two attached hydrogens (primary N) is 2. The third-order valence-corrected chi connectivity index (χ3v) is 1.83. The van der Waals surface area contributed by atoms with E-state index in [4.69, 9.17) is 16.6 Å². The van der Waals surface area contributed by atoms with Crippen LogP contribution in [0.5, 0.6) is 0 Å². The summed E-state index contributed by atoms with van der Waals surface area (Å²) in [6, 6.07) is 5.01. The van der Waals surface area contributed by atoms with Crippen molar-refractivity contribution < 1.29 is 9.90 Å². The SMILES string of the molecule is CC(=Cc1ccc(N)c(N)c1)C(=O)O. The minimum absolute atomic E-state index is 0.258. The van der Waals surface area contributed by atoms with Crippen molar-refractivity contribution in [2.24, 2.45) is 0 Å². The molecule has 0 atom stereocenters. The van der Waals surface area contributed by atoms with Gasteiger partial charge in [0.25, 0.3) is 0 Å². The lowest BCUT2D eigenvalue weighted by atomic mass is 10.1. The maximum Gasteiger partial charge on any atom is 0.331 e. The van der Waals surface area contributed by atoms with Crippen LogP contribution in [0.15, 0.2) is 23.8 Å². The smallest absolute Gasteiger partial charge is 0.331 e. The molecule has 0 aromatic heterocycles. The molecule has 0 fully saturated rings. The number of carbonyl (C=O) groups is 1. The van der Waals surface area contributed by atoms with Gasteiger partial charge in [-0.1, -0.05) is 6.07 Å². The predicted molar refractivity (Wildman–Crippen MR) is 56.6 cm³/mol. The van der Waals surface area contributed by atoms with Gasteiger partial charge in [0.05, 0.1) is 11.4 Å². The molecular formula is C10H12N2O2. The monoisotopic (exact) mass is 192 g/mol. The van der Waals surface area contributed by atoms with Gasteiger partial charge in [-0.05, 0) is 30.7 Å². The molecule has 0 saturated carbocycles. The van der Waals surface area contributed by atoms with Gasteiger partial charge >= 0.3 is 5.97 Å². The first-order valence-corrected chi connectivity index (χ1v) is 4.07. The van der Waals surface area contributed by atoms with Crippen molar-refractivity contribution in [3.63, 3.8) is 0 Å². The Labute approximate surface area is 81.8 Å². The number of aliphatic carboxylic acids is 1. The standard InChI is InChI=1S/C10H12N2O2/c1-6(10(13)14)4-7-2-3-8(11)9(12)5-7/h2-5H,11-12H2,1H3,(H,13,14). The summed E-state index contributed by atoms with van der Waals surface area (Å²) >= 11 is 0. The van der Waals surface area contributed by atoms with E-state index in [-0.39, 0.29) is 5.57 Å². The number of carboxylic acid groups (broad SMARTS) is 1. The molecule has 5 N–H and O–H groups in total. The van der Waals surface area contributed by atoms with Gasteiger partial charge in [0, 0.05) is 5.57 Å². The van der Waals surface area contributed by atoms with Gasteiger partial charge in [-0.15, -0.1) is 0 Å². The van der Waals surface area contributed by atoms with Crippen LogP contribution in [0.1, 0.15) is 12.5 Å². The van der Waals surface area contributed by atoms with E-state index in [1.54, 1.807) is 18.2 Å². The molecule has 0 aliphatic heterocycles. The van der Waals surface area contributed by atoms with E-state index >= 15 is 0 Å². The number of carboxylic acids is 1. The molecule has 1 aromatic rings. The minimum Gasteiger partial charge on any atom is -0.478 e. The molecule has 0 amide bonds. The molecule has 4 heteroatoms. The fraction of sp³-hybridized carbons (Fsp3) is 0.100. The zero-order valence-electron chi connectivity index (χ0n) is 7.82. The van der Waals surface area contributed by atoms with Gasteiger partial charge in [-0.25, -0.2) is 4.79 Å². The van der Waals surface area contributed by atoms with Crippen LogP contribution in [0.3, 0.4) is 0 Å². The Kier molecular flexibility index (Phi) is 2.76. The lowest BCUT2D eigenvalue weighted by molar-refractivity contribution is -0.132. The molecule has 0 aliphatic carbocycles. The predicted octanol–water partition coefficient (Wildman–Crippen LogP) is 1.34. The van der Waals surface area contributed by atoms with E-state index in [2.05, 4.69) is 0 Å². The number of anilines is 2. The molecule has 0 unspecified atom stereocenters. The number of rotatable bonds is 2. The fourth-order valence-corrected chi connectivity index (χ4v) is 0.995. The van der Waals surface area contributed by atoms with Crippen LogP contribution in [0.2, 0.25) is 0 Å². The van der Waals surface area contributed by atoms with Crippen LogP contribution < -0.4 is 11.5 Å². The molecule has 0 aliphatic rings. The second kappa shape index (κ2) is 3.83. The van der Waals surface area contributed by atoms with Crippen molar-refractivity contribution in [3.8, 4) is 0 Å². The van der Waals surface area contributed by atoms with Crippen LogP contribution in [0.25, 0.3) is 6.08 Å². The second-order valence-corrected chi connectivity index (χ2v) is 3.02. The van der Waals surface area contributed by atoms with E-state index < -0.39 is 5.97 Å². The maximum atomic E-state index is 10.5. The van der Waals surface area contributed by atoms with Gasteiger partial charge in [-0.3, -0.25) is 0 Å². The van der Waals surface area contributed by atoms with Crippen molar-refractivity contribution in [3.05, 3.63) is 29.3 Å². The van der Waals surface area contributed by atoms with Crippen LogP contribution in [-0.2, 0) is 4.79 Å². The van der Waals surface area contributed by atoms with E-state index in [1.165, 1.54) is 13.0 Å². The lowest BCUT2D eigenvalue weighted by Gasteiger charge is -2.01. The summed E-state index contributed by atoms with van der Waals surface area (Å²) in [7, 11) is 0. The first-order valence-electron chi connectivity index (χ1n) is 4.07. The third kappa shape index (κ3) is 2.26. The van der Waals surface area contributed by atoms with Crippen molar-refractivity contribution in [1.29, 1.82) is 0 Å². The summed E-state index contributed by atoms with van der Waals surface area (Å²) in [6.07, 6.45) is 1.54. The van der Waals surface area contributed by atoms with E-state index in [0.29, 0.717) is 11.4 Å². The fourth-order valence-electron chi connectivity index (χ4n) is 0.995. The van der Waals surface area contributed by atoms with Crippen LogP contribution in [0.4, 0.5) is 11.4 Å². The Morgan fingerprint density at radius 1 is 1.36 bits per heavy atom. The van der Waals surface area contributed by atoms with Crippen molar-refractivity contribution in [2.45, 2.75) is 6.92 Å². The maximum absolute atomic E-state index is 10.5. The molecule has 0 saturated heterocycles. The average molecular weight is 192 g/mol. The van der Waals surface area contributed by atoms with Crippen molar-refractivity contribution in [2.75, 3.05) is 11.5 Å². The Balaban J connectivity index is 3.04. The highest BCUT2D eigenvalue weighted by Gasteiger charge is 2.00. The second-order valence-electron chi connectivity index (χ2n) is 3.02. The number of nitrogen functional groups attached to an aromatic ring is 2. The van der Waals surface area contributed by atoms with Crippen molar-refractivity contribution >= 4 is 23.4 Å². The highest BCUT2D eigenvalue weighted by molar-refractivity contribution is 5.91. The van der Waals surface area contributed by atoms with Crippen LogP contribution in [-0.4, -0.2) is 11.1 Å². The van der Waals surface area contributed by atoms with Gasteiger partial charge in [0.1, 0.15) is 0 Å². The quantitative estimate of drug-likeness (QED) is 0.487. The van der Waals surface area contributed by atoms with Crippen molar-refractivity contribution in [1.82, 2.24) is 0 Å². The number of hydrogen-bond acceptors (Lipinski definition) is 3. The Morgan fingerprint density at radius 2 is 2.00 bits per heavy atom. The molecule has 1 rings (SSSR count). The lowest BCUT2D eigenvalue weighted by Crippen LogP contribution is -1.97. The Hall–Kier alpha value is -1.97. The zero-order chi connectivity index (χ0) is 10.7. The highest BCUT2D eigenvalue weighted by Crippen LogP contribution is 2.17. The zero-order valence-corrected chi connectivity index (χ0v) is 7.82. The summed E-state index contributed by atoms with van der Waals surface area (Å²) in [6.45, 7) is 1.52. The molecule has 74 valence electrons. The highest BCUT2D eigenvalue weighted by atomic mass is 16.4. The summed E-state index contributed by atoms with van der Waals surface area (Å²) in [5, 5.41) is 8.64.